The summed E-state index contributed by atoms with van der Waals surface area (Å²) in [5.74, 6) is 1.09. The Morgan fingerprint density at radius 2 is 2.24 bits per heavy atom. The van der Waals surface area contributed by atoms with Crippen molar-refractivity contribution in [1.82, 2.24) is 0 Å². The van der Waals surface area contributed by atoms with Crippen LogP contribution >= 0.6 is 0 Å². The highest BCUT2D eigenvalue weighted by Gasteiger charge is 2.01. The minimum atomic E-state index is 0.318. The zero-order chi connectivity index (χ0) is 12.7. The fourth-order valence-electron chi connectivity index (χ4n) is 1.57. The van der Waals surface area contributed by atoms with E-state index < -0.39 is 0 Å². The van der Waals surface area contributed by atoms with Crippen LogP contribution in [0.2, 0.25) is 0 Å². The SMILES string of the molecule is C=CCC/C(C)=C/Cc1cc(OC)ccc1O. The summed E-state index contributed by atoms with van der Waals surface area (Å²) in [6.07, 6.45) is 6.80. The molecule has 2 heteroatoms. The second-order valence-corrected chi connectivity index (χ2v) is 4.08. The topological polar surface area (TPSA) is 29.5 Å². The fraction of sp³-hybridized carbons (Fsp3) is 0.333. The Morgan fingerprint density at radius 1 is 1.47 bits per heavy atom. The molecule has 0 atom stereocenters. The maximum atomic E-state index is 9.72. The van der Waals surface area contributed by atoms with E-state index in [1.807, 2.05) is 12.1 Å². The van der Waals surface area contributed by atoms with Crippen LogP contribution in [0, 0.1) is 0 Å². The third-order valence-corrected chi connectivity index (χ3v) is 2.70. The molecule has 1 aromatic rings. The van der Waals surface area contributed by atoms with Crippen molar-refractivity contribution >= 4 is 0 Å². The lowest BCUT2D eigenvalue weighted by atomic mass is 10.1. The van der Waals surface area contributed by atoms with Gasteiger partial charge >= 0.3 is 0 Å². The highest BCUT2D eigenvalue weighted by atomic mass is 16.5. The standard InChI is InChI=1S/C15H20O2/c1-4-5-6-12(2)7-8-13-11-14(17-3)9-10-15(13)16/h4,7,9-11,16H,1,5-6,8H2,2-3H3/b12-7+. The van der Waals surface area contributed by atoms with Gasteiger partial charge in [-0.3, -0.25) is 0 Å². The fourth-order valence-corrected chi connectivity index (χ4v) is 1.57. The predicted molar refractivity (Wildman–Crippen MR) is 71.6 cm³/mol. The Kier molecular flexibility index (Phi) is 5.34. The Bertz CT molecular complexity index is 405. The molecule has 0 amide bonds. The third kappa shape index (κ3) is 4.35. The van der Waals surface area contributed by atoms with E-state index in [-0.39, 0.29) is 0 Å². The van der Waals surface area contributed by atoms with Gasteiger partial charge in [0.05, 0.1) is 7.11 Å². The molecule has 1 rings (SSSR count). The molecular formula is C15H20O2. The Balaban J connectivity index is 2.70. The molecule has 1 N–H and O–H groups in total. The molecule has 2 nitrogen and oxygen atoms in total. The van der Waals surface area contributed by atoms with Crippen molar-refractivity contribution in [2.24, 2.45) is 0 Å². The first-order valence-electron chi connectivity index (χ1n) is 5.79. The van der Waals surface area contributed by atoms with Crippen LogP contribution in [0.1, 0.15) is 25.3 Å². The molecule has 0 fully saturated rings. The molecule has 0 aliphatic rings. The van der Waals surface area contributed by atoms with E-state index in [1.165, 1.54) is 5.57 Å². The van der Waals surface area contributed by atoms with Gasteiger partial charge in [0.2, 0.25) is 0 Å². The molecule has 0 bridgehead atoms. The van der Waals surface area contributed by atoms with Crippen LogP contribution in [-0.4, -0.2) is 12.2 Å². The van der Waals surface area contributed by atoms with E-state index in [4.69, 9.17) is 4.74 Å². The molecule has 0 saturated heterocycles. The number of hydrogen-bond acceptors (Lipinski definition) is 2. The molecule has 92 valence electrons. The van der Waals surface area contributed by atoms with Crippen molar-refractivity contribution in [2.45, 2.75) is 26.2 Å². The molecule has 0 aliphatic heterocycles. The predicted octanol–water partition coefficient (Wildman–Crippen LogP) is 3.86. The van der Waals surface area contributed by atoms with Crippen molar-refractivity contribution < 1.29 is 9.84 Å². The number of allylic oxidation sites excluding steroid dienone is 3. The van der Waals surface area contributed by atoms with Crippen LogP contribution in [-0.2, 0) is 6.42 Å². The number of rotatable bonds is 6. The molecular weight excluding hydrogens is 212 g/mol. The zero-order valence-corrected chi connectivity index (χ0v) is 10.6. The van der Waals surface area contributed by atoms with E-state index in [1.54, 1.807) is 19.2 Å². The van der Waals surface area contributed by atoms with E-state index >= 15 is 0 Å². The lowest BCUT2D eigenvalue weighted by Crippen LogP contribution is -1.88. The van der Waals surface area contributed by atoms with E-state index in [9.17, 15) is 5.11 Å². The van der Waals surface area contributed by atoms with Crippen LogP contribution in [0.3, 0.4) is 0 Å². The minimum Gasteiger partial charge on any atom is -0.508 e. The smallest absolute Gasteiger partial charge is 0.119 e. The maximum Gasteiger partial charge on any atom is 0.119 e. The number of phenols is 1. The third-order valence-electron chi connectivity index (χ3n) is 2.70. The molecule has 0 unspecified atom stereocenters. The monoisotopic (exact) mass is 232 g/mol. The summed E-state index contributed by atoms with van der Waals surface area (Å²) in [7, 11) is 1.63. The van der Waals surface area contributed by atoms with Crippen LogP contribution in [0.25, 0.3) is 0 Å². The molecule has 0 heterocycles. The van der Waals surface area contributed by atoms with Crippen LogP contribution < -0.4 is 4.74 Å². The molecule has 0 aromatic heterocycles. The van der Waals surface area contributed by atoms with Crippen molar-refractivity contribution in [2.75, 3.05) is 7.11 Å². The second kappa shape index (κ2) is 6.79. The summed E-state index contributed by atoms with van der Waals surface area (Å²) < 4.78 is 5.14. The highest BCUT2D eigenvalue weighted by Crippen LogP contribution is 2.24. The Morgan fingerprint density at radius 3 is 2.88 bits per heavy atom. The van der Waals surface area contributed by atoms with Crippen LogP contribution in [0.15, 0.2) is 42.5 Å². The largest absolute Gasteiger partial charge is 0.508 e. The molecule has 0 aliphatic carbocycles. The number of benzene rings is 1. The first-order chi connectivity index (χ1) is 8.17. The van der Waals surface area contributed by atoms with E-state index in [0.29, 0.717) is 5.75 Å². The minimum absolute atomic E-state index is 0.318. The van der Waals surface area contributed by atoms with Gasteiger partial charge in [-0.15, -0.1) is 6.58 Å². The summed E-state index contributed by atoms with van der Waals surface area (Å²) >= 11 is 0. The lowest BCUT2D eigenvalue weighted by Gasteiger charge is -2.06. The average molecular weight is 232 g/mol. The summed E-state index contributed by atoms with van der Waals surface area (Å²) in [4.78, 5) is 0. The van der Waals surface area contributed by atoms with Gasteiger partial charge < -0.3 is 9.84 Å². The van der Waals surface area contributed by atoms with Gasteiger partial charge in [-0.05, 0) is 44.4 Å². The number of phenolic OH excluding ortho intramolecular Hbond substituents is 1. The van der Waals surface area contributed by atoms with Crippen molar-refractivity contribution in [1.29, 1.82) is 0 Å². The summed E-state index contributed by atoms with van der Waals surface area (Å²) in [5.41, 5.74) is 2.20. The van der Waals surface area contributed by atoms with Gasteiger partial charge in [-0.2, -0.15) is 0 Å². The lowest BCUT2D eigenvalue weighted by molar-refractivity contribution is 0.411. The maximum absolute atomic E-state index is 9.72. The van der Waals surface area contributed by atoms with E-state index in [0.717, 1.165) is 30.6 Å². The molecule has 17 heavy (non-hydrogen) atoms. The Labute approximate surface area is 103 Å². The van der Waals surface area contributed by atoms with Crippen LogP contribution in [0.5, 0.6) is 11.5 Å². The van der Waals surface area contributed by atoms with Crippen molar-refractivity contribution in [3.8, 4) is 11.5 Å². The molecule has 1 aromatic carbocycles. The van der Waals surface area contributed by atoms with Crippen molar-refractivity contribution in [3.05, 3.63) is 48.1 Å². The first-order valence-corrected chi connectivity index (χ1v) is 5.79. The van der Waals surface area contributed by atoms with Gasteiger partial charge in [-0.25, -0.2) is 0 Å². The number of ether oxygens (including phenoxy) is 1. The Hall–Kier alpha value is -1.70. The average Bonchev–Trinajstić information content (AvgIpc) is 2.35. The quantitative estimate of drug-likeness (QED) is 0.755. The summed E-state index contributed by atoms with van der Waals surface area (Å²) in [6, 6.07) is 5.29. The summed E-state index contributed by atoms with van der Waals surface area (Å²) in [6.45, 7) is 5.80. The zero-order valence-electron chi connectivity index (χ0n) is 10.6. The number of methoxy groups -OCH3 is 1. The highest BCUT2D eigenvalue weighted by molar-refractivity contribution is 5.40. The normalized spacial score (nSPS) is 11.3. The van der Waals surface area contributed by atoms with Gasteiger partial charge in [0.1, 0.15) is 11.5 Å². The molecule has 0 saturated carbocycles. The van der Waals surface area contributed by atoms with Crippen molar-refractivity contribution in [3.63, 3.8) is 0 Å². The van der Waals surface area contributed by atoms with E-state index in [2.05, 4.69) is 19.6 Å². The molecule has 0 radical (unpaired) electrons. The number of aromatic hydroxyl groups is 1. The van der Waals surface area contributed by atoms with Gasteiger partial charge in [0.15, 0.2) is 0 Å². The molecule has 0 spiro atoms. The first kappa shape index (κ1) is 13.4. The van der Waals surface area contributed by atoms with Crippen LogP contribution in [0.4, 0.5) is 0 Å². The number of hydrogen-bond donors (Lipinski definition) is 1. The van der Waals surface area contributed by atoms with Gasteiger partial charge in [0, 0.05) is 5.56 Å². The summed E-state index contributed by atoms with van der Waals surface area (Å²) in [5, 5.41) is 9.72. The van der Waals surface area contributed by atoms with Gasteiger partial charge in [0.25, 0.3) is 0 Å². The van der Waals surface area contributed by atoms with Gasteiger partial charge in [-0.1, -0.05) is 17.7 Å². The second-order valence-electron chi connectivity index (χ2n) is 4.08.